The fraction of sp³-hybridized carbons (Fsp3) is 1.00. The molecule has 0 aliphatic carbocycles. The number of rotatable bonds is 6. The third-order valence-corrected chi connectivity index (χ3v) is 5.34. The Morgan fingerprint density at radius 3 is 2.60 bits per heavy atom. The predicted octanol–water partition coefficient (Wildman–Crippen LogP) is 3.69. The van der Waals surface area contributed by atoms with Crippen LogP contribution in [-0.2, 0) is 0 Å². The molecule has 1 rings (SSSR count). The van der Waals surface area contributed by atoms with E-state index in [1.807, 2.05) is 0 Å². The van der Waals surface area contributed by atoms with Gasteiger partial charge in [-0.1, -0.05) is 27.2 Å². The first-order chi connectivity index (χ1) is 7.14. The molecule has 2 heteroatoms. The van der Waals surface area contributed by atoms with Gasteiger partial charge in [-0.25, -0.2) is 0 Å². The van der Waals surface area contributed by atoms with Crippen molar-refractivity contribution in [2.24, 2.45) is 5.92 Å². The van der Waals surface area contributed by atoms with E-state index in [2.05, 4.69) is 44.8 Å². The summed E-state index contributed by atoms with van der Waals surface area (Å²) in [6, 6.07) is 0.704. The van der Waals surface area contributed by atoms with E-state index in [1.54, 1.807) is 0 Å². The first-order valence-corrected chi connectivity index (χ1v) is 7.50. The molecule has 0 aromatic heterocycles. The van der Waals surface area contributed by atoms with E-state index in [0.29, 0.717) is 10.8 Å². The fourth-order valence-electron chi connectivity index (χ4n) is 2.60. The summed E-state index contributed by atoms with van der Waals surface area (Å²) in [4.78, 5) is 0. The van der Waals surface area contributed by atoms with Crippen LogP contribution in [0.25, 0.3) is 0 Å². The molecule has 0 saturated carbocycles. The smallest absolute Gasteiger partial charge is 0.0287 e. The average molecular weight is 229 g/mol. The summed E-state index contributed by atoms with van der Waals surface area (Å²) in [6.45, 7) is 10.6. The number of thioether (sulfide) groups is 1. The van der Waals surface area contributed by atoms with E-state index in [4.69, 9.17) is 0 Å². The Bertz CT molecular complexity index is 175. The van der Waals surface area contributed by atoms with Gasteiger partial charge in [0.25, 0.3) is 0 Å². The second-order valence-electron chi connectivity index (χ2n) is 5.08. The third-order valence-electron chi connectivity index (χ3n) is 3.73. The molecule has 3 atom stereocenters. The van der Waals surface area contributed by atoms with E-state index >= 15 is 0 Å². The Balaban J connectivity index is 2.61. The van der Waals surface area contributed by atoms with Crippen LogP contribution in [-0.4, -0.2) is 23.1 Å². The van der Waals surface area contributed by atoms with Crippen LogP contribution in [0.3, 0.4) is 0 Å². The van der Waals surface area contributed by atoms with Crippen molar-refractivity contribution in [3.63, 3.8) is 0 Å². The van der Waals surface area contributed by atoms with E-state index in [1.165, 1.54) is 38.0 Å². The zero-order valence-electron chi connectivity index (χ0n) is 10.8. The maximum atomic E-state index is 3.78. The quantitative estimate of drug-likeness (QED) is 0.745. The first-order valence-electron chi connectivity index (χ1n) is 6.51. The van der Waals surface area contributed by atoms with Gasteiger partial charge < -0.3 is 5.32 Å². The molecule has 0 aromatic carbocycles. The van der Waals surface area contributed by atoms with Crippen LogP contribution in [0.15, 0.2) is 0 Å². The molecule has 0 bridgehead atoms. The van der Waals surface area contributed by atoms with Crippen molar-refractivity contribution >= 4 is 11.8 Å². The first kappa shape index (κ1) is 13.4. The molecule has 1 N–H and O–H groups in total. The molecule has 0 spiro atoms. The highest BCUT2D eigenvalue weighted by molar-refractivity contribution is 8.00. The van der Waals surface area contributed by atoms with Crippen LogP contribution in [0.4, 0.5) is 0 Å². The number of nitrogens with one attached hydrogen (secondary N) is 1. The van der Waals surface area contributed by atoms with Crippen LogP contribution in [0, 0.1) is 5.92 Å². The molecule has 0 amide bonds. The molecule has 1 aliphatic rings. The molecule has 1 nitrogen and oxygen atoms in total. The van der Waals surface area contributed by atoms with Crippen molar-refractivity contribution in [2.75, 3.05) is 12.3 Å². The summed E-state index contributed by atoms with van der Waals surface area (Å²) >= 11 is 2.18. The topological polar surface area (TPSA) is 12.0 Å². The largest absolute Gasteiger partial charge is 0.312 e. The van der Waals surface area contributed by atoms with Crippen LogP contribution in [0.2, 0.25) is 0 Å². The van der Waals surface area contributed by atoms with E-state index in [-0.39, 0.29) is 0 Å². The van der Waals surface area contributed by atoms with Crippen LogP contribution < -0.4 is 5.32 Å². The Kier molecular flexibility index (Phi) is 5.48. The van der Waals surface area contributed by atoms with Crippen molar-refractivity contribution in [1.29, 1.82) is 0 Å². The highest BCUT2D eigenvalue weighted by Gasteiger charge is 2.39. The lowest BCUT2D eigenvalue weighted by Crippen LogP contribution is -2.49. The molecule has 15 heavy (non-hydrogen) atoms. The molecule has 1 aliphatic heterocycles. The zero-order valence-corrected chi connectivity index (χ0v) is 11.6. The maximum Gasteiger partial charge on any atom is 0.0287 e. The fourth-order valence-corrected chi connectivity index (χ4v) is 4.14. The van der Waals surface area contributed by atoms with E-state index < -0.39 is 0 Å². The second kappa shape index (κ2) is 6.15. The summed E-state index contributed by atoms with van der Waals surface area (Å²) < 4.78 is 0.491. The van der Waals surface area contributed by atoms with Crippen LogP contribution >= 0.6 is 11.8 Å². The SMILES string of the molecule is CCCNC(C(C)CC)C1(C)CCCS1. The van der Waals surface area contributed by atoms with Gasteiger partial charge in [0.15, 0.2) is 0 Å². The summed E-state index contributed by atoms with van der Waals surface area (Å²) in [7, 11) is 0. The van der Waals surface area contributed by atoms with Crippen molar-refractivity contribution in [2.45, 2.75) is 64.2 Å². The minimum absolute atomic E-state index is 0.491. The van der Waals surface area contributed by atoms with Gasteiger partial charge in [0, 0.05) is 10.8 Å². The summed E-state index contributed by atoms with van der Waals surface area (Å²) in [5, 5.41) is 3.78. The van der Waals surface area contributed by atoms with Gasteiger partial charge in [-0.2, -0.15) is 11.8 Å². The molecule has 90 valence electrons. The van der Waals surface area contributed by atoms with Gasteiger partial charge in [-0.15, -0.1) is 0 Å². The Labute approximate surface area is 99.8 Å². The van der Waals surface area contributed by atoms with E-state index in [9.17, 15) is 0 Å². The highest BCUT2D eigenvalue weighted by atomic mass is 32.2. The molecule has 1 fully saturated rings. The Morgan fingerprint density at radius 2 is 2.13 bits per heavy atom. The predicted molar refractivity (Wildman–Crippen MR) is 71.6 cm³/mol. The highest BCUT2D eigenvalue weighted by Crippen LogP contribution is 2.43. The lowest BCUT2D eigenvalue weighted by Gasteiger charge is -2.38. The van der Waals surface area contributed by atoms with Gasteiger partial charge in [0.2, 0.25) is 0 Å². The lowest BCUT2D eigenvalue weighted by atomic mass is 9.85. The van der Waals surface area contributed by atoms with Crippen LogP contribution in [0.5, 0.6) is 0 Å². The standard InChI is InChI=1S/C13H27NS/c1-5-9-14-12(11(3)6-2)13(4)8-7-10-15-13/h11-12,14H,5-10H2,1-4H3. The zero-order chi connectivity index (χ0) is 11.3. The maximum absolute atomic E-state index is 3.78. The second-order valence-corrected chi connectivity index (χ2v) is 6.71. The number of hydrogen-bond donors (Lipinski definition) is 1. The molecular formula is C13H27NS. The molecule has 0 radical (unpaired) electrons. The minimum Gasteiger partial charge on any atom is -0.312 e. The third kappa shape index (κ3) is 3.39. The van der Waals surface area contributed by atoms with Gasteiger partial charge in [-0.3, -0.25) is 0 Å². The summed E-state index contributed by atoms with van der Waals surface area (Å²) in [5.41, 5.74) is 0. The lowest BCUT2D eigenvalue weighted by molar-refractivity contribution is 0.299. The van der Waals surface area contributed by atoms with Crippen molar-refractivity contribution in [1.82, 2.24) is 5.32 Å². The van der Waals surface area contributed by atoms with Crippen molar-refractivity contribution in [3.05, 3.63) is 0 Å². The van der Waals surface area contributed by atoms with Gasteiger partial charge in [0.05, 0.1) is 0 Å². The minimum atomic E-state index is 0.491. The average Bonchev–Trinajstić information content (AvgIpc) is 2.66. The van der Waals surface area contributed by atoms with Gasteiger partial charge in [0.1, 0.15) is 0 Å². The normalized spacial score (nSPS) is 30.4. The van der Waals surface area contributed by atoms with Crippen LogP contribution in [0.1, 0.15) is 53.4 Å². The number of hydrogen-bond acceptors (Lipinski definition) is 2. The van der Waals surface area contributed by atoms with Crippen molar-refractivity contribution in [3.8, 4) is 0 Å². The molecule has 0 aromatic rings. The molecular weight excluding hydrogens is 202 g/mol. The Morgan fingerprint density at radius 1 is 1.40 bits per heavy atom. The molecule has 1 heterocycles. The summed E-state index contributed by atoms with van der Waals surface area (Å²) in [5.74, 6) is 2.16. The van der Waals surface area contributed by atoms with Gasteiger partial charge >= 0.3 is 0 Å². The Hall–Kier alpha value is 0.310. The van der Waals surface area contributed by atoms with Crippen molar-refractivity contribution < 1.29 is 0 Å². The molecule has 3 unspecified atom stereocenters. The van der Waals surface area contributed by atoms with Gasteiger partial charge in [-0.05, 0) is 44.4 Å². The van der Waals surface area contributed by atoms with E-state index in [0.717, 1.165) is 5.92 Å². The monoisotopic (exact) mass is 229 g/mol. The molecule has 1 saturated heterocycles. The summed E-state index contributed by atoms with van der Waals surface area (Å²) in [6.07, 6.45) is 5.33.